The first-order valence-electron chi connectivity index (χ1n) is 3.77. The van der Waals surface area contributed by atoms with Crippen molar-refractivity contribution in [3.63, 3.8) is 0 Å². The standard InChI is InChI=1S/C7H13NO3/c1-4-2-5(9)3-6(4)8-7(10)11/h4-6,8-9H,2-3H2,1H3,(H,10,11)/t4-,5-,6-/m0/s1. The summed E-state index contributed by atoms with van der Waals surface area (Å²) in [6, 6.07) is -0.0671. The number of carbonyl (C=O) groups is 1. The second-order valence-electron chi connectivity index (χ2n) is 3.16. The molecule has 1 aliphatic rings. The predicted molar refractivity (Wildman–Crippen MR) is 39.4 cm³/mol. The normalized spacial score (nSPS) is 37.1. The smallest absolute Gasteiger partial charge is 0.404 e. The van der Waals surface area contributed by atoms with E-state index in [1.807, 2.05) is 6.92 Å². The summed E-state index contributed by atoms with van der Waals surface area (Å²) in [4.78, 5) is 10.2. The fourth-order valence-electron chi connectivity index (χ4n) is 1.57. The fraction of sp³-hybridized carbons (Fsp3) is 0.857. The van der Waals surface area contributed by atoms with Gasteiger partial charge in [-0.2, -0.15) is 0 Å². The lowest BCUT2D eigenvalue weighted by Gasteiger charge is -2.13. The first-order chi connectivity index (χ1) is 5.09. The summed E-state index contributed by atoms with van der Waals surface area (Å²) in [6.07, 6.45) is -0.0869. The van der Waals surface area contributed by atoms with E-state index in [4.69, 9.17) is 10.2 Å². The van der Waals surface area contributed by atoms with Gasteiger partial charge in [-0.1, -0.05) is 6.92 Å². The van der Waals surface area contributed by atoms with Crippen LogP contribution in [0.5, 0.6) is 0 Å². The van der Waals surface area contributed by atoms with Crippen molar-refractivity contribution in [2.45, 2.75) is 31.9 Å². The molecular formula is C7H13NO3. The van der Waals surface area contributed by atoms with Crippen LogP contribution in [-0.4, -0.2) is 28.5 Å². The van der Waals surface area contributed by atoms with Crippen LogP contribution in [0.4, 0.5) is 4.79 Å². The van der Waals surface area contributed by atoms with Crippen LogP contribution >= 0.6 is 0 Å². The maximum atomic E-state index is 10.2. The van der Waals surface area contributed by atoms with Gasteiger partial charge >= 0.3 is 6.09 Å². The van der Waals surface area contributed by atoms with Crippen molar-refractivity contribution in [3.05, 3.63) is 0 Å². The van der Waals surface area contributed by atoms with E-state index in [0.29, 0.717) is 12.8 Å². The van der Waals surface area contributed by atoms with Crippen molar-refractivity contribution < 1.29 is 15.0 Å². The van der Waals surface area contributed by atoms with E-state index in [9.17, 15) is 4.79 Å². The summed E-state index contributed by atoms with van der Waals surface area (Å²) >= 11 is 0. The number of amides is 1. The molecule has 0 aromatic heterocycles. The summed E-state index contributed by atoms with van der Waals surface area (Å²) in [6.45, 7) is 1.94. The van der Waals surface area contributed by atoms with Crippen molar-refractivity contribution in [1.29, 1.82) is 0 Å². The molecule has 0 unspecified atom stereocenters. The molecule has 64 valence electrons. The minimum atomic E-state index is -1.00. The maximum Gasteiger partial charge on any atom is 0.404 e. The molecule has 11 heavy (non-hydrogen) atoms. The Labute approximate surface area is 65.2 Å². The number of aliphatic hydroxyl groups excluding tert-OH is 1. The van der Waals surface area contributed by atoms with Gasteiger partial charge in [0.2, 0.25) is 0 Å². The van der Waals surface area contributed by atoms with Crippen LogP contribution in [0.1, 0.15) is 19.8 Å². The molecule has 0 aliphatic heterocycles. The van der Waals surface area contributed by atoms with E-state index in [-0.39, 0.29) is 18.1 Å². The highest BCUT2D eigenvalue weighted by Gasteiger charge is 2.30. The highest BCUT2D eigenvalue weighted by Crippen LogP contribution is 2.25. The van der Waals surface area contributed by atoms with Crippen LogP contribution in [-0.2, 0) is 0 Å². The molecule has 0 radical (unpaired) electrons. The van der Waals surface area contributed by atoms with Gasteiger partial charge in [0, 0.05) is 6.04 Å². The van der Waals surface area contributed by atoms with Crippen molar-refractivity contribution >= 4 is 6.09 Å². The molecule has 1 saturated carbocycles. The molecule has 3 N–H and O–H groups in total. The second kappa shape index (κ2) is 3.09. The Morgan fingerprint density at radius 2 is 2.18 bits per heavy atom. The Balaban J connectivity index is 2.40. The molecule has 1 aliphatic carbocycles. The molecule has 1 rings (SSSR count). The van der Waals surface area contributed by atoms with Gasteiger partial charge in [0.25, 0.3) is 0 Å². The maximum absolute atomic E-state index is 10.2. The lowest BCUT2D eigenvalue weighted by molar-refractivity contribution is 0.173. The molecule has 0 aromatic rings. The molecule has 0 saturated heterocycles. The summed E-state index contributed by atoms with van der Waals surface area (Å²) in [5, 5.41) is 19.9. The van der Waals surface area contributed by atoms with Crippen LogP contribution < -0.4 is 5.32 Å². The van der Waals surface area contributed by atoms with Crippen molar-refractivity contribution in [3.8, 4) is 0 Å². The summed E-state index contributed by atoms with van der Waals surface area (Å²) in [5.74, 6) is 0.251. The van der Waals surface area contributed by atoms with Gasteiger partial charge in [0.1, 0.15) is 0 Å². The number of carboxylic acid groups (broad SMARTS) is 1. The minimum absolute atomic E-state index is 0.0671. The topological polar surface area (TPSA) is 69.6 Å². The van der Waals surface area contributed by atoms with Crippen LogP contribution in [0.2, 0.25) is 0 Å². The molecule has 3 atom stereocenters. The molecule has 0 bridgehead atoms. The van der Waals surface area contributed by atoms with E-state index in [2.05, 4.69) is 5.32 Å². The predicted octanol–water partition coefficient (Wildman–Crippen LogP) is 0.413. The molecule has 0 heterocycles. The Kier molecular flexibility index (Phi) is 2.34. The first-order valence-corrected chi connectivity index (χ1v) is 3.77. The fourth-order valence-corrected chi connectivity index (χ4v) is 1.57. The van der Waals surface area contributed by atoms with E-state index < -0.39 is 6.09 Å². The highest BCUT2D eigenvalue weighted by atomic mass is 16.4. The molecular weight excluding hydrogens is 146 g/mol. The Morgan fingerprint density at radius 3 is 2.55 bits per heavy atom. The van der Waals surface area contributed by atoms with Gasteiger partial charge in [-0.05, 0) is 18.8 Å². The van der Waals surface area contributed by atoms with Gasteiger partial charge in [-0.15, -0.1) is 0 Å². The average molecular weight is 159 g/mol. The summed E-state index contributed by atoms with van der Waals surface area (Å²) in [7, 11) is 0. The summed E-state index contributed by atoms with van der Waals surface area (Å²) in [5.41, 5.74) is 0. The quantitative estimate of drug-likeness (QED) is 0.519. The SMILES string of the molecule is C[C@H]1C[C@H](O)C[C@@H]1NC(=O)O. The van der Waals surface area contributed by atoms with Gasteiger partial charge < -0.3 is 15.5 Å². The van der Waals surface area contributed by atoms with Crippen LogP contribution in [0, 0.1) is 5.92 Å². The van der Waals surface area contributed by atoms with Gasteiger partial charge in [-0.3, -0.25) is 0 Å². The molecule has 4 heteroatoms. The number of hydrogen-bond donors (Lipinski definition) is 3. The third kappa shape index (κ3) is 2.08. The Morgan fingerprint density at radius 1 is 1.55 bits per heavy atom. The van der Waals surface area contributed by atoms with Gasteiger partial charge in [-0.25, -0.2) is 4.79 Å². The number of hydrogen-bond acceptors (Lipinski definition) is 2. The number of nitrogens with one attached hydrogen (secondary N) is 1. The van der Waals surface area contributed by atoms with E-state index in [1.54, 1.807) is 0 Å². The van der Waals surface area contributed by atoms with Gasteiger partial charge in [0.05, 0.1) is 6.10 Å². The number of aliphatic hydroxyl groups is 1. The third-order valence-corrected chi connectivity index (χ3v) is 2.17. The molecule has 4 nitrogen and oxygen atoms in total. The van der Waals surface area contributed by atoms with E-state index in [0.717, 1.165) is 0 Å². The second-order valence-corrected chi connectivity index (χ2v) is 3.16. The molecule has 0 spiro atoms. The van der Waals surface area contributed by atoms with Crippen molar-refractivity contribution in [2.75, 3.05) is 0 Å². The first kappa shape index (κ1) is 8.33. The Hall–Kier alpha value is -0.770. The zero-order chi connectivity index (χ0) is 8.43. The monoisotopic (exact) mass is 159 g/mol. The lowest BCUT2D eigenvalue weighted by atomic mass is 10.1. The van der Waals surface area contributed by atoms with Crippen molar-refractivity contribution in [1.82, 2.24) is 5.32 Å². The third-order valence-electron chi connectivity index (χ3n) is 2.17. The Bertz CT molecular complexity index is 160. The van der Waals surface area contributed by atoms with E-state index in [1.165, 1.54) is 0 Å². The number of rotatable bonds is 1. The largest absolute Gasteiger partial charge is 0.465 e. The minimum Gasteiger partial charge on any atom is -0.465 e. The van der Waals surface area contributed by atoms with Crippen LogP contribution in [0.15, 0.2) is 0 Å². The molecule has 1 amide bonds. The zero-order valence-corrected chi connectivity index (χ0v) is 6.45. The summed E-state index contributed by atoms with van der Waals surface area (Å²) < 4.78 is 0. The zero-order valence-electron chi connectivity index (χ0n) is 6.45. The van der Waals surface area contributed by atoms with Crippen LogP contribution in [0.25, 0.3) is 0 Å². The molecule has 1 fully saturated rings. The van der Waals surface area contributed by atoms with Crippen molar-refractivity contribution in [2.24, 2.45) is 5.92 Å². The average Bonchev–Trinajstić information content (AvgIpc) is 2.09. The van der Waals surface area contributed by atoms with Crippen LogP contribution in [0.3, 0.4) is 0 Å². The molecule has 0 aromatic carbocycles. The van der Waals surface area contributed by atoms with Gasteiger partial charge in [0.15, 0.2) is 0 Å². The lowest BCUT2D eigenvalue weighted by Crippen LogP contribution is -2.35. The van der Waals surface area contributed by atoms with E-state index >= 15 is 0 Å². The highest BCUT2D eigenvalue weighted by molar-refractivity contribution is 5.64.